The zero-order valence-electron chi connectivity index (χ0n) is 17.0. The first-order valence-electron chi connectivity index (χ1n) is 9.81. The van der Waals surface area contributed by atoms with Gasteiger partial charge in [-0.15, -0.1) is 0 Å². The van der Waals surface area contributed by atoms with Gasteiger partial charge in [0.1, 0.15) is 0 Å². The fraction of sp³-hybridized carbons (Fsp3) is 0.409. The second-order valence-electron chi connectivity index (χ2n) is 7.72. The van der Waals surface area contributed by atoms with E-state index in [0.717, 1.165) is 11.1 Å². The Labute approximate surface area is 178 Å². The Kier molecular flexibility index (Phi) is 6.66. The topological polar surface area (TPSA) is 66.5 Å². The van der Waals surface area contributed by atoms with Crippen molar-refractivity contribution in [2.45, 2.75) is 44.6 Å². The van der Waals surface area contributed by atoms with E-state index in [1.165, 1.54) is 22.0 Å². The number of halogens is 1. The summed E-state index contributed by atoms with van der Waals surface area (Å²) < 4.78 is 27.0. The number of carbonyl (C=O) groups excluding carboxylic acids is 1. The molecule has 29 heavy (non-hydrogen) atoms. The molecule has 3 rings (SSSR count). The van der Waals surface area contributed by atoms with E-state index in [0.29, 0.717) is 31.0 Å². The van der Waals surface area contributed by atoms with E-state index in [9.17, 15) is 13.2 Å². The van der Waals surface area contributed by atoms with Crippen LogP contribution in [-0.4, -0.2) is 31.7 Å². The van der Waals surface area contributed by atoms with Gasteiger partial charge in [0, 0.05) is 24.0 Å². The summed E-state index contributed by atoms with van der Waals surface area (Å²) in [6, 6.07) is 12.3. The number of nitrogens with zero attached hydrogens (tertiary/aromatic N) is 1. The molecule has 0 unspecified atom stereocenters. The van der Waals surface area contributed by atoms with Crippen LogP contribution < -0.4 is 5.32 Å². The van der Waals surface area contributed by atoms with Gasteiger partial charge in [0.15, 0.2) is 0 Å². The number of nitrogens with one attached hydrogen (secondary N) is 1. The maximum Gasteiger partial charge on any atom is 0.243 e. The molecule has 156 valence electrons. The van der Waals surface area contributed by atoms with E-state index < -0.39 is 10.0 Å². The highest BCUT2D eigenvalue weighted by atomic mass is 35.5. The lowest BCUT2D eigenvalue weighted by Gasteiger charge is -2.31. The molecule has 1 fully saturated rings. The van der Waals surface area contributed by atoms with Crippen LogP contribution in [0.3, 0.4) is 0 Å². The minimum absolute atomic E-state index is 0.0129. The van der Waals surface area contributed by atoms with Crippen molar-refractivity contribution in [3.05, 3.63) is 64.2 Å². The largest absolute Gasteiger partial charge is 0.349 e. The summed E-state index contributed by atoms with van der Waals surface area (Å²) in [6.07, 6.45) is 1.02. The number of benzene rings is 2. The molecule has 7 heteroatoms. The third-order valence-corrected chi connectivity index (χ3v) is 7.69. The van der Waals surface area contributed by atoms with E-state index in [-0.39, 0.29) is 22.8 Å². The van der Waals surface area contributed by atoms with Crippen LogP contribution in [0.2, 0.25) is 5.02 Å². The maximum absolute atomic E-state index is 12.8. The average molecular weight is 435 g/mol. The quantitative estimate of drug-likeness (QED) is 0.765. The molecule has 1 aliphatic heterocycles. The van der Waals surface area contributed by atoms with Crippen molar-refractivity contribution in [1.29, 1.82) is 0 Å². The highest BCUT2D eigenvalue weighted by Crippen LogP contribution is 2.26. The normalized spacial score (nSPS) is 17.1. The van der Waals surface area contributed by atoms with Crippen molar-refractivity contribution in [2.24, 2.45) is 5.92 Å². The molecule has 2 aromatic rings. The van der Waals surface area contributed by atoms with Gasteiger partial charge in [0.25, 0.3) is 0 Å². The third kappa shape index (κ3) is 5.00. The Morgan fingerprint density at radius 1 is 1.10 bits per heavy atom. The lowest BCUT2D eigenvalue weighted by atomic mass is 9.95. The molecule has 5 nitrogen and oxygen atoms in total. The van der Waals surface area contributed by atoms with Crippen LogP contribution in [0.15, 0.2) is 47.4 Å². The summed E-state index contributed by atoms with van der Waals surface area (Å²) in [6.45, 7) is 6.74. The maximum atomic E-state index is 12.8. The van der Waals surface area contributed by atoms with Crippen LogP contribution in [0.25, 0.3) is 0 Å². The third-order valence-electron chi connectivity index (χ3n) is 5.53. The molecule has 0 aliphatic carbocycles. The second kappa shape index (κ2) is 8.86. The minimum atomic E-state index is -3.56. The molecule has 1 amide bonds. The summed E-state index contributed by atoms with van der Waals surface area (Å²) in [4.78, 5) is 13.0. The van der Waals surface area contributed by atoms with Gasteiger partial charge in [-0.1, -0.05) is 35.4 Å². The van der Waals surface area contributed by atoms with Crippen LogP contribution in [-0.2, 0) is 14.8 Å². The molecular formula is C22H27ClN2O3S. The van der Waals surface area contributed by atoms with Gasteiger partial charge >= 0.3 is 0 Å². The number of hydrogen-bond acceptors (Lipinski definition) is 3. The minimum Gasteiger partial charge on any atom is -0.349 e. The monoisotopic (exact) mass is 434 g/mol. The molecule has 0 spiro atoms. The zero-order chi connectivity index (χ0) is 21.2. The fourth-order valence-electron chi connectivity index (χ4n) is 3.83. The van der Waals surface area contributed by atoms with Gasteiger partial charge in [-0.3, -0.25) is 4.79 Å². The standard InChI is InChI=1S/C22H27ClN2O3S/c1-15-4-9-21(16(2)14-15)17(3)24-22(26)18-10-12-25(13-11-18)29(27,28)20-7-5-19(23)6-8-20/h4-9,14,17-18H,10-13H2,1-3H3,(H,24,26)/t17-/m0/s1. The summed E-state index contributed by atoms with van der Waals surface area (Å²) >= 11 is 5.85. The SMILES string of the molecule is Cc1ccc([C@H](C)NC(=O)C2CCN(S(=O)(=O)c3ccc(Cl)cc3)CC2)c(C)c1. The Morgan fingerprint density at radius 2 is 1.72 bits per heavy atom. The average Bonchev–Trinajstić information content (AvgIpc) is 2.68. The predicted octanol–water partition coefficient (Wildman–Crippen LogP) is 4.23. The van der Waals surface area contributed by atoms with Gasteiger partial charge in [-0.2, -0.15) is 4.31 Å². The second-order valence-corrected chi connectivity index (χ2v) is 10.1. The number of sulfonamides is 1. The van der Waals surface area contributed by atoms with Gasteiger partial charge in [0.05, 0.1) is 10.9 Å². The Morgan fingerprint density at radius 3 is 2.31 bits per heavy atom. The molecule has 0 bridgehead atoms. The van der Waals surface area contributed by atoms with E-state index in [2.05, 4.69) is 17.4 Å². The molecule has 1 N–H and O–H groups in total. The number of rotatable bonds is 5. The number of aryl methyl sites for hydroxylation is 2. The highest BCUT2D eigenvalue weighted by molar-refractivity contribution is 7.89. The molecular weight excluding hydrogens is 408 g/mol. The van der Waals surface area contributed by atoms with Crippen molar-refractivity contribution in [3.8, 4) is 0 Å². The number of hydrogen-bond donors (Lipinski definition) is 1. The van der Waals surface area contributed by atoms with Crippen molar-refractivity contribution in [2.75, 3.05) is 13.1 Å². The first kappa shape index (κ1) is 21.8. The first-order valence-corrected chi connectivity index (χ1v) is 11.6. The van der Waals surface area contributed by atoms with E-state index >= 15 is 0 Å². The summed E-state index contributed by atoms with van der Waals surface area (Å²) in [5, 5.41) is 3.59. The molecule has 0 aromatic heterocycles. The smallest absolute Gasteiger partial charge is 0.243 e. The van der Waals surface area contributed by atoms with Crippen LogP contribution in [0.4, 0.5) is 0 Å². The number of carbonyl (C=O) groups is 1. The lowest BCUT2D eigenvalue weighted by Crippen LogP contribution is -2.43. The van der Waals surface area contributed by atoms with Crippen molar-refractivity contribution < 1.29 is 13.2 Å². The van der Waals surface area contributed by atoms with E-state index in [4.69, 9.17) is 11.6 Å². The molecule has 1 saturated heterocycles. The van der Waals surface area contributed by atoms with Crippen LogP contribution in [0.5, 0.6) is 0 Å². The molecule has 0 radical (unpaired) electrons. The summed E-state index contributed by atoms with van der Waals surface area (Å²) in [7, 11) is -3.56. The van der Waals surface area contributed by atoms with Crippen LogP contribution in [0.1, 0.15) is 42.5 Å². The summed E-state index contributed by atoms with van der Waals surface area (Å²) in [5.41, 5.74) is 3.45. The summed E-state index contributed by atoms with van der Waals surface area (Å²) in [5.74, 6) is -0.194. The van der Waals surface area contributed by atoms with Gasteiger partial charge in [-0.25, -0.2) is 8.42 Å². The lowest BCUT2D eigenvalue weighted by molar-refractivity contribution is -0.126. The number of piperidine rings is 1. The Bertz CT molecular complexity index is 982. The predicted molar refractivity (Wildman–Crippen MR) is 115 cm³/mol. The van der Waals surface area contributed by atoms with Crippen LogP contribution in [0, 0.1) is 19.8 Å². The highest BCUT2D eigenvalue weighted by Gasteiger charge is 2.32. The van der Waals surface area contributed by atoms with Gasteiger partial charge in [0.2, 0.25) is 15.9 Å². The van der Waals surface area contributed by atoms with Gasteiger partial charge in [-0.05, 0) is 69.0 Å². The zero-order valence-corrected chi connectivity index (χ0v) is 18.6. The molecule has 1 atom stereocenters. The van der Waals surface area contributed by atoms with Gasteiger partial charge < -0.3 is 5.32 Å². The van der Waals surface area contributed by atoms with E-state index in [1.54, 1.807) is 12.1 Å². The molecule has 1 heterocycles. The van der Waals surface area contributed by atoms with E-state index in [1.807, 2.05) is 26.8 Å². The fourth-order valence-corrected chi connectivity index (χ4v) is 5.43. The molecule has 1 aliphatic rings. The van der Waals surface area contributed by atoms with Crippen molar-refractivity contribution in [3.63, 3.8) is 0 Å². The molecule has 0 saturated carbocycles. The Balaban J connectivity index is 1.60. The van der Waals surface area contributed by atoms with Crippen molar-refractivity contribution >= 4 is 27.5 Å². The Hall–Kier alpha value is -1.89. The number of amides is 1. The first-order chi connectivity index (χ1) is 13.7. The molecule has 2 aromatic carbocycles. The van der Waals surface area contributed by atoms with Crippen molar-refractivity contribution in [1.82, 2.24) is 9.62 Å². The van der Waals surface area contributed by atoms with Crippen LogP contribution >= 0.6 is 11.6 Å².